The fourth-order valence-electron chi connectivity index (χ4n) is 4.53. The third-order valence-corrected chi connectivity index (χ3v) is 5.80. The third-order valence-electron chi connectivity index (χ3n) is 5.80. The highest BCUT2D eigenvalue weighted by molar-refractivity contribution is 5.09. The van der Waals surface area contributed by atoms with Crippen molar-refractivity contribution in [3.63, 3.8) is 0 Å². The van der Waals surface area contributed by atoms with E-state index in [4.69, 9.17) is 10.5 Å². The van der Waals surface area contributed by atoms with Crippen LogP contribution in [0, 0.1) is 5.92 Å². The first kappa shape index (κ1) is 14.6. The quantitative estimate of drug-likeness (QED) is 0.878. The summed E-state index contributed by atoms with van der Waals surface area (Å²) < 4.78 is 7.44. The summed E-state index contributed by atoms with van der Waals surface area (Å²) in [6.07, 6.45) is 9.09. The van der Waals surface area contributed by atoms with Gasteiger partial charge in [0.1, 0.15) is 0 Å². The summed E-state index contributed by atoms with van der Waals surface area (Å²) >= 11 is 0. The number of aromatic nitrogens is 3. The van der Waals surface area contributed by atoms with Gasteiger partial charge in [-0.15, -0.1) is 5.10 Å². The van der Waals surface area contributed by atoms with Gasteiger partial charge < -0.3 is 10.5 Å². The van der Waals surface area contributed by atoms with Crippen LogP contribution in [0.2, 0.25) is 0 Å². The highest BCUT2D eigenvalue weighted by Crippen LogP contribution is 2.51. The van der Waals surface area contributed by atoms with E-state index in [0.717, 1.165) is 63.7 Å². The summed E-state index contributed by atoms with van der Waals surface area (Å²) in [6.45, 7) is 5.00. The lowest BCUT2D eigenvalue weighted by molar-refractivity contribution is 0.0374. The van der Waals surface area contributed by atoms with E-state index < -0.39 is 0 Å². The molecule has 1 aliphatic heterocycles. The molecule has 0 radical (unpaired) electrons. The fourth-order valence-corrected chi connectivity index (χ4v) is 4.53. The van der Waals surface area contributed by atoms with Gasteiger partial charge in [-0.1, -0.05) is 5.21 Å². The van der Waals surface area contributed by atoms with E-state index in [-0.39, 0.29) is 5.54 Å². The Morgan fingerprint density at radius 3 is 2.95 bits per heavy atom. The molecule has 2 saturated carbocycles. The van der Waals surface area contributed by atoms with Gasteiger partial charge in [0, 0.05) is 24.8 Å². The average molecular weight is 305 g/mol. The molecule has 2 aliphatic carbocycles. The lowest BCUT2D eigenvalue weighted by atomic mass is 9.89. The molecule has 3 unspecified atom stereocenters. The van der Waals surface area contributed by atoms with Gasteiger partial charge in [0.2, 0.25) is 0 Å². The Morgan fingerprint density at radius 2 is 2.23 bits per heavy atom. The minimum absolute atomic E-state index is 0.0244. The van der Waals surface area contributed by atoms with Crippen molar-refractivity contribution in [2.75, 3.05) is 32.8 Å². The van der Waals surface area contributed by atoms with Gasteiger partial charge in [-0.25, -0.2) is 4.68 Å². The highest BCUT2D eigenvalue weighted by atomic mass is 16.5. The summed E-state index contributed by atoms with van der Waals surface area (Å²) in [6, 6.07) is 0.367. The summed E-state index contributed by atoms with van der Waals surface area (Å²) in [5.74, 6) is 0.809. The smallest absolute Gasteiger partial charge is 0.0827 e. The molecule has 0 amide bonds. The molecule has 0 aromatic carbocycles. The number of ether oxygens (including phenoxy) is 1. The van der Waals surface area contributed by atoms with Crippen LogP contribution in [0.15, 0.2) is 6.20 Å². The molecule has 1 saturated heterocycles. The molecule has 2 bridgehead atoms. The lowest BCUT2D eigenvalue weighted by Gasteiger charge is -2.30. The van der Waals surface area contributed by atoms with Gasteiger partial charge in [-0.2, -0.15) is 0 Å². The van der Waals surface area contributed by atoms with Crippen molar-refractivity contribution >= 4 is 0 Å². The molecule has 22 heavy (non-hydrogen) atoms. The van der Waals surface area contributed by atoms with Crippen molar-refractivity contribution in [3.05, 3.63) is 11.9 Å². The van der Waals surface area contributed by atoms with E-state index in [1.165, 1.54) is 19.3 Å². The Kier molecular flexibility index (Phi) is 3.92. The normalized spacial score (nSPS) is 35.3. The van der Waals surface area contributed by atoms with Crippen molar-refractivity contribution < 1.29 is 4.74 Å². The van der Waals surface area contributed by atoms with Crippen LogP contribution in [-0.4, -0.2) is 58.3 Å². The SMILES string of the molecule is NC12CCC(CC1n1cc(CCCN3CCOCC3)nn1)C2. The van der Waals surface area contributed by atoms with E-state index in [1.54, 1.807) is 0 Å². The van der Waals surface area contributed by atoms with Crippen LogP contribution in [0.1, 0.15) is 43.8 Å². The predicted molar refractivity (Wildman–Crippen MR) is 83.5 cm³/mol. The van der Waals surface area contributed by atoms with Crippen LogP contribution >= 0.6 is 0 Å². The number of fused-ring (bicyclic) bond motifs is 2. The monoisotopic (exact) mass is 305 g/mol. The minimum Gasteiger partial charge on any atom is -0.379 e. The first-order chi connectivity index (χ1) is 10.7. The summed E-state index contributed by atoms with van der Waals surface area (Å²) in [7, 11) is 0. The molecule has 1 aromatic rings. The molecule has 2 heterocycles. The Balaban J connectivity index is 1.30. The van der Waals surface area contributed by atoms with Crippen molar-refractivity contribution in [3.8, 4) is 0 Å². The van der Waals surface area contributed by atoms with E-state index in [9.17, 15) is 0 Å². The maximum Gasteiger partial charge on any atom is 0.0827 e. The molecule has 3 fully saturated rings. The van der Waals surface area contributed by atoms with Crippen molar-refractivity contribution in [2.24, 2.45) is 11.7 Å². The largest absolute Gasteiger partial charge is 0.379 e. The van der Waals surface area contributed by atoms with Gasteiger partial charge in [0.15, 0.2) is 0 Å². The highest BCUT2D eigenvalue weighted by Gasteiger charge is 2.50. The van der Waals surface area contributed by atoms with Crippen LogP contribution in [0.3, 0.4) is 0 Å². The number of nitrogens with zero attached hydrogens (tertiary/aromatic N) is 4. The molecule has 1 aromatic heterocycles. The van der Waals surface area contributed by atoms with E-state index in [2.05, 4.69) is 26.1 Å². The zero-order valence-corrected chi connectivity index (χ0v) is 13.3. The van der Waals surface area contributed by atoms with Crippen LogP contribution < -0.4 is 5.73 Å². The number of rotatable bonds is 5. The average Bonchev–Trinajstić information content (AvgIpc) is 3.21. The van der Waals surface area contributed by atoms with Gasteiger partial charge in [0.05, 0.1) is 24.9 Å². The predicted octanol–water partition coefficient (Wildman–Crippen LogP) is 0.985. The first-order valence-corrected chi connectivity index (χ1v) is 8.73. The van der Waals surface area contributed by atoms with E-state index >= 15 is 0 Å². The molecule has 6 heteroatoms. The van der Waals surface area contributed by atoms with E-state index in [1.807, 2.05) is 0 Å². The van der Waals surface area contributed by atoms with Gasteiger partial charge in [-0.05, 0) is 51.0 Å². The van der Waals surface area contributed by atoms with Crippen LogP contribution in [-0.2, 0) is 11.2 Å². The van der Waals surface area contributed by atoms with Gasteiger partial charge >= 0.3 is 0 Å². The maximum atomic E-state index is 6.58. The number of hydrogen-bond acceptors (Lipinski definition) is 5. The summed E-state index contributed by atoms with van der Waals surface area (Å²) in [4.78, 5) is 2.47. The summed E-state index contributed by atoms with van der Waals surface area (Å²) in [5, 5.41) is 8.75. The van der Waals surface area contributed by atoms with Crippen LogP contribution in [0.25, 0.3) is 0 Å². The van der Waals surface area contributed by atoms with Crippen molar-refractivity contribution in [1.29, 1.82) is 0 Å². The second-order valence-electron chi connectivity index (χ2n) is 7.34. The summed E-state index contributed by atoms with van der Waals surface area (Å²) in [5.41, 5.74) is 7.66. The maximum absolute atomic E-state index is 6.58. The molecule has 3 atom stereocenters. The molecule has 2 N–H and O–H groups in total. The molecule has 3 aliphatic rings. The van der Waals surface area contributed by atoms with Gasteiger partial charge in [0.25, 0.3) is 0 Å². The molecule has 6 nitrogen and oxygen atoms in total. The Morgan fingerprint density at radius 1 is 1.36 bits per heavy atom. The van der Waals surface area contributed by atoms with Crippen LogP contribution in [0.4, 0.5) is 0 Å². The Bertz CT molecular complexity index is 512. The molecule has 122 valence electrons. The Labute approximate surface area is 132 Å². The van der Waals surface area contributed by atoms with Crippen molar-refractivity contribution in [1.82, 2.24) is 19.9 Å². The minimum atomic E-state index is -0.0244. The van der Waals surface area contributed by atoms with Crippen molar-refractivity contribution in [2.45, 2.75) is 50.1 Å². The first-order valence-electron chi connectivity index (χ1n) is 8.73. The molecular formula is C16H27N5O. The number of hydrogen-bond donors (Lipinski definition) is 1. The Hall–Kier alpha value is -0.980. The number of nitrogens with two attached hydrogens (primary N) is 1. The van der Waals surface area contributed by atoms with E-state index in [0.29, 0.717) is 6.04 Å². The molecule has 4 rings (SSSR count). The fraction of sp³-hybridized carbons (Fsp3) is 0.875. The van der Waals surface area contributed by atoms with Crippen LogP contribution in [0.5, 0.6) is 0 Å². The number of aryl methyl sites for hydroxylation is 1. The zero-order chi connectivity index (χ0) is 15.0. The standard InChI is InChI=1S/C16H27N5O/c17-16-4-3-13(11-16)10-15(16)21-12-14(18-19-21)2-1-5-20-6-8-22-9-7-20/h12-13,15H,1-11,17H2. The number of morpholine rings is 1. The zero-order valence-electron chi connectivity index (χ0n) is 13.3. The topological polar surface area (TPSA) is 69.2 Å². The van der Waals surface area contributed by atoms with Gasteiger partial charge in [-0.3, -0.25) is 4.90 Å². The third kappa shape index (κ3) is 2.79. The molecule has 0 spiro atoms. The second-order valence-corrected chi connectivity index (χ2v) is 7.34. The second kappa shape index (κ2) is 5.91. The molecular weight excluding hydrogens is 278 g/mol. The lowest BCUT2D eigenvalue weighted by Crippen LogP contribution is -2.43.